The second kappa shape index (κ2) is 7.85. The van der Waals surface area contributed by atoms with Crippen LogP contribution in [0.3, 0.4) is 0 Å². The fourth-order valence-electron chi connectivity index (χ4n) is 9.24. The molecule has 1 aliphatic heterocycles. The van der Waals surface area contributed by atoms with E-state index in [9.17, 15) is 31.6 Å². The van der Waals surface area contributed by atoms with Crippen molar-refractivity contribution >= 4 is 28.0 Å². The SMILES string of the molecule is O=C(CC1C2CC3C(=O)OC1C3C2)OCC12CC3CC(C1)CC(COC(=O)C(F)(F)S(=O)(=O)O)(C3)C2. The van der Waals surface area contributed by atoms with Gasteiger partial charge >= 0.3 is 33.3 Å². The number of ether oxygens (including phenoxy) is 3. The molecule has 0 spiro atoms. The summed E-state index contributed by atoms with van der Waals surface area (Å²) >= 11 is 0. The van der Waals surface area contributed by atoms with Gasteiger partial charge in [0.05, 0.1) is 25.6 Å². The number of esters is 3. The summed E-state index contributed by atoms with van der Waals surface area (Å²) in [6.07, 6.45) is 6.25. The Hall–Kier alpha value is -1.82. The summed E-state index contributed by atoms with van der Waals surface area (Å²) in [4.78, 5) is 36.6. The number of fused-ring (bicyclic) bond motifs is 1. The Bertz CT molecular complexity index is 1090. The fourth-order valence-corrected chi connectivity index (χ4v) is 9.51. The first-order chi connectivity index (χ1) is 16.8. The molecule has 36 heavy (non-hydrogen) atoms. The summed E-state index contributed by atoms with van der Waals surface area (Å²) in [5.41, 5.74) is -0.920. The van der Waals surface area contributed by atoms with E-state index in [2.05, 4.69) is 0 Å². The minimum atomic E-state index is -5.92. The van der Waals surface area contributed by atoms with Gasteiger partial charge < -0.3 is 14.2 Å². The number of halogens is 2. The number of carbonyl (C=O) groups is 3. The predicted molar refractivity (Wildman–Crippen MR) is 116 cm³/mol. The Labute approximate surface area is 207 Å². The van der Waals surface area contributed by atoms with Crippen LogP contribution in [0.5, 0.6) is 0 Å². The lowest BCUT2D eigenvalue weighted by atomic mass is 9.44. The average Bonchev–Trinajstić information content (AvgIpc) is 3.40. The summed E-state index contributed by atoms with van der Waals surface area (Å²) in [6, 6.07) is 0. The number of alkyl halides is 2. The van der Waals surface area contributed by atoms with Gasteiger partial charge in [-0.05, 0) is 69.1 Å². The molecule has 7 rings (SSSR count). The van der Waals surface area contributed by atoms with Crippen molar-refractivity contribution in [3.63, 3.8) is 0 Å². The summed E-state index contributed by atoms with van der Waals surface area (Å²) in [7, 11) is -5.92. The molecule has 0 amide bonds. The van der Waals surface area contributed by atoms with Crippen molar-refractivity contribution in [2.24, 2.45) is 46.3 Å². The van der Waals surface area contributed by atoms with Gasteiger partial charge in [-0.2, -0.15) is 17.2 Å². The standard InChI is InChI=1S/C24H30F2O9S/c25-24(26,36(30,31)32)21(29)34-11-23-7-12-1-13(8-23)6-22(5-12,9-23)10-33-18(27)4-15-14-2-16-17(3-14)20(28)35-19(15)16/h12-17,19H,1-11H2,(H,30,31,32). The molecular formula is C24H30F2O9S. The smallest absolute Gasteiger partial charge is 0.465 e. The molecule has 0 radical (unpaired) electrons. The molecule has 1 heterocycles. The van der Waals surface area contributed by atoms with Crippen LogP contribution >= 0.6 is 0 Å². The summed E-state index contributed by atoms with van der Waals surface area (Å²) in [6.45, 7) is -0.164. The van der Waals surface area contributed by atoms with E-state index < -0.39 is 26.8 Å². The summed E-state index contributed by atoms with van der Waals surface area (Å²) in [5.74, 6) is -1.66. The predicted octanol–water partition coefficient (Wildman–Crippen LogP) is 2.73. The third-order valence-corrected chi connectivity index (χ3v) is 10.8. The van der Waals surface area contributed by atoms with Crippen LogP contribution in [-0.4, -0.2) is 55.5 Å². The molecule has 9 nitrogen and oxygen atoms in total. The quantitative estimate of drug-likeness (QED) is 0.285. The number of hydrogen-bond donors (Lipinski definition) is 1. The van der Waals surface area contributed by atoms with Crippen molar-refractivity contribution in [1.82, 2.24) is 0 Å². The Kier molecular flexibility index (Phi) is 5.34. The monoisotopic (exact) mass is 532 g/mol. The van der Waals surface area contributed by atoms with Crippen LogP contribution in [0.4, 0.5) is 8.78 Å². The Morgan fingerprint density at radius 1 is 1.03 bits per heavy atom. The van der Waals surface area contributed by atoms with Crippen LogP contribution in [0.1, 0.15) is 57.8 Å². The van der Waals surface area contributed by atoms with Gasteiger partial charge in [0.1, 0.15) is 6.10 Å². The highest BCUT2D eigenvalue weighted by Gasteiger charge is 2.63. The summed E-state index contributed by atoms with van der Waals surface area (Å²) < 4.78 is 73.8. The zero-order valence-corrected chi connectivity index (χ0v) is 20.5. The van der Waals surface area contributed by atoms with E-state index in [4.69, 9.17) is 18.8 Å². The van der Waals surface area contributed by atoms with Gasteiger partial charge in [0.2, 0.25) is 0 Å². The molecule has 12 heteroatoms. The Morgan fingerprint density at radius 2 is 1.64 bits per heavy atom. The van der Waals surface area contributed by atoms with Crippen LogP contribution in [0.15, 0.2) is 0 Å². The molecule has 6 bridgehead atoms. The third kappa shape index (κ3) is 3.76. The van der Waals surface area contributed by atoms with Crippen LogP contribution in [0.25, 0.3) is 0 Å². The third-order valence-electron chi connectivity index (χ3n) is 9.97. The van der Waals surface area contributed by atoms with E-state index in [0.717, 1.165) is 32.1 Å². The molecule has 7 fully saturated rings. The zero-order valence-electron chi connectivity index (χ0n) is 19.7. The highest BCUT2D eigenvalue weighted by atomic mass is 32.2. The lowest BCUT2D eigenvalue weighted by Crippen LogP contribution is -2.55. The molecular weight excluding hydrogens is 502 g/mol. The van der Waals surface area contributed by atoms with Crippen molar-refractivity contribution in [3.8, 4) is 0 Å². The largest absolute Gasteiger partial charge is 0.465 e. The van der Waals surface area contributed by atoms with Gasteiger partial charge in [-0.15, -0.1) is 0 Å². The minimum absolute atomic E-state index is 0.00297. The van der Waals surface area contributed by atoms with Gasteiger partial charge in [-0.25, -0.2) is 4.79 Å². The van der Waals surface area contributed by atoms with E-state index in [1.165, 1.54) is 0 Å². The fraction of sp³-hybridized carbons (Fsp3) is 0.875. The molecule has 1 N–H and O–H groups in total. The average molecular weight is 533 g/mol. The van der Waals surface area contributed by atoms with Gasteiger partial charge in [0, 0.05) is 22.7 Å². The topological polar surface area (TPSA) is 133 Å². The molecule has 0 aromatic carbocycles. The van der Waals surface area contributed by atoms with Crippen molar-refractivity contribution in [1.29, 1.82) is 0 Å². The highest BCUT2D eigenvalue weighted by molar-refractivity contribution is 7.87. The molecule has 7 atom stereocenters. The van der Waals surface area contributed by atoms with Crippen molar-refractivity contribution in [2.75, 3.05) is 13.2 Å². The van der Waals surface area contributed by atoms with E-state index in [1.807, 2.05) is 0 Å². The lowest BCUT2D eigenvalue weighted by molar-refractivity contribution is -0.186. The van der Waals surface area contributed by atoms with Crippen LogP contribution in [0, 0.1) is 46.3 Å². The van der Waals surface area contributed by atoms with Crippen LogP contribution in [0.2, 0.25) is 0 Å². The van der Waals surface area contributed by atoms with Gasteiger partial charge in [-0.1, -0.05) is 0 Å². The molecule has 1 saturated heterocycles. The Balaban J connectivity index is 1.08. The molecule has 6 aliphatic carbocycles. The minimum Gasteiger partial charge on any atom is -0.465 e. The van der Waals surface area contributed by atoms with Gasteiger partial charge in [-0.3, -0.25) is 14.1 Å². The maximum atomic E-state index is 13.7. The first kappa shape index (κ1) is 24.5. The lowest BCUT2D eigenvalue weighted by Gasteiger charge is -2.61. The zero-order chi connectivity index (χ0) is 25.7. The maximum absolute atomic E-state index is 13.7. The molecule has 200 valence electrons. The van der Waals surface area contributed by atoms with Gasteiger partial charge in [0.25, 0.3) is 0 Å². The molecule has 7 unspecified atom stereocenters. The van der Waals surface area contributed by atoms with Crippen LogP contribution in [-0.2, 0) is 38.7 Å². The van der Waals surface area contributed by atoms with Crippen molar-refractivity contribution < 1.29 is 50.3 Å². The molecule has 7 aliphatic rings. The Morgan fingerprint density at radius 3 is 2.25 bits per heavy atom. The highest BCUT2D eigenvalue weighted by Crippen LogP contribution is 2.65. The number of carbonyl (C=O) groups excluding carboxylic acids is 3. The van der Waals surface area contributed by atoms with E-state index in [-0.39, 0.29) is 72.7 Å². The first-order valence-corrected chi connectivity index (χ1v) is 14.1. The first-order valence-electron chi connectivity index (χ1n) is 12.7. The van der Waals surface area contributed by atoms with E-state index >= 15 is 0 Å². The van der Waals surface area contributed by atoms with E-state index in [1.54, 1.807) is 0 Å². The normalized spacial score (nSPS) is 44.1. The van der Waals surface area contributed by atoms with Crippen LogP contribution < -0.4 is 0 Å². The van der Waals surface area contributed by atoms with Gasteiger partial charge in [0.15, 0.2) is 0 Å². The second-order valence-corrected chi connectivity index (χ2v) is 13.9. The summed E-state index contributed by atoms with van der Waals surface area (Å²) in [5, 5.41) is -5.02. The number of rotatable bonds is 8. The molecule has 0 aromatic rings. The van der Waals surface area contributed by atoms with Crippen molar-refractivity contribution in [3.05, 3.63) is 0 Å². The number of hydrogen-bond acceptors (Lipinski definition) is 8. The molecule has 6 saturated carbocycles. The second-order valence-electron chi connectivity index (χ2n) is 12.5. The maximum Gasteiger partial charge on any atom is 0.465 e. The van der Waals surface area contributed by atoms with Crippen molar-refractivity contribution in [2.45, 2.75) is 69.1 Å². The molecule has 0 aromatic heterocycles. The van der Waals surface area contributed by atoms with E-state index in [0.29, 0.717) is 25.2 Å².